The van der Waals surface area contributed by atoms with Crippen LogP contribution in [0.3, 0.4) is 0 Å². The number of hydrogen-bond donors (Lipinski definition) is 1. The van der Waals surface area contributed by atoms with E-state index in [-0.39, 0.29) is 23.5 Å². The van der Waals surface area contributed by atoms with Gasteiger partial charge in [-0.2, -0.15) is 0 Å². The van der Waals surface area contributed by atoms with E-state index in [0.29, 0.717) is 32.6 Å². The van der Waals surface area contributed by atoms with E-state index < -0.39 is 17.6 Å². The van der Waals surface area contributed by atoms with Gasteiger partial charge < -0.3 is 15.1 Å². The monoisotopic (exact) mass is 323 g/mol. The second kappa shape index (κ2) is 6.23. The lowest BCUT2D eigenvalue weighted by atomic mass is 10.1. The summed E-state index contributed by atoms with van der Waals surface area (Å²) in [5.74, 6) is -3.20. The maximum absolute atomic E-state index is 13.4. The third kappa shape index (κ3) is 3.06. The first kappa shape index (κ1) is 15.9. The van der Waals surface area contributed by atoms with Gasteiger partial charge in [0, 0.05) is 44.0 Å². The van der Waals surface area contributed by atoms with Gasteiger partial charge in [0.15, 0.2) is 11.6 Å². The van der Waals surface area contributed by atoms with Crippen molar-refractivity contribution in [3.05, 3.63) is 29.8 Å². The molecule has 2 aliphatic heterocycles. The lowest BCUT2D eigenvalue weighted by molar-refractivity contribution is -0.140. The summed E-state index contributed by atoms with van der Waals surface area (Å²) in [6, 6.07) is 3.54. The van der Waals surface area contributed by atoms with Gasteiger partial charge in [-0.3, -0.25) is 9.59 Å². The van der Waals surface area contributed by atoms with E-state index in [4.69, 9.17) is 0 Å². The summed E-state index contributed by atoms with van der Waals surface area (Å²) < 4.78 is 26.4. The summed E-state index contributed by atoms with van der Waals surface area (Å²) in [4.78, 5) is 28.1. The molecule has 1 aromatic carbocycles. The Morgan fingerprint density at radius 2 is 2.04 bits per heavy atom. The van der Waals surface area contributed by atoms with Crippen molar-refractivity contribution < 1.29 is 18.4 Å². The van der Waals surface area contributed by atoms with Gasteiger partial charge >= 0.3 is 0 Å². The smallest absolute Gasteiger partial charge is 0.239 e. The van der Waals surface area contributed by atoms with Crippen LogP contribution in [0.4, 0.5) is 14.5 Å². The fraction of sp³-hybridized carbons (Fsp3) is 0.500. The number of amides is 2. The molecule has 2 fully saturated rings. The first-order valence-electron chi connectivity index (χ1n) is 7.76. The second-order valence-corrected chi connectivity index (χ2v) is 6.07. The normalized spacial score (nSPS) is 25.1. The second-order valence-electron chi connectivity index (χ2n) is 6.07. The molecule has 5 nitrogen and oxygen atoms in total. The molecule has 0 radical (unpaired) electrons. The van der Waals surface area contributed by atoms with Crippen LogP contribution in [0.25, 0.3) is 0 Å². The number of anilines is 1. The van der Waals surface area contributed by atoms with Gasteiger partial charge in [0.25, 0.3) is 0 Å². The minimum atomic E-state index is -0.999. The molecular weight excluding hydrogens is 304 g/mol. The van der Waals surface area contributed by atoms with Gasteiger partial charge in [-0.05, 0) is 25.5 Å². The molecule has 2 heterocycles. The van der Waals surface area contributed by atoms with E-state index in [9.17, 15) is 18.4 Å². The average molecular weight is 323 g/mol. The molecule has 2 atom stereocenters. The molecular formula is C16H19F2N3O2. The van der Waals surface area contributed by atoms with Crippen molar-refractivity contribution in [2.24, 2.45) is 5.92 Å². The molecule has 0 aliphatic carbocycles. The van der Waals surface area contributed by atoms with Crippen LogP contribution in [-0.2, 0) is 9.59 Å². The topological polar surface area (TPSA) is 52.7 Å². The van der Waals surface area contributed by atoms with Crippen molar-refractivity contribution in [3.63, 3.8) is 0 Å². The number of benzene rings is 1. The standard InChI is InChI=1S/C16H19F2N3O2/c1-10-9-20(7-5-19-10)15(22)12-4-6-21(16(12)23)11-2-3-13(17)14(18)8-11/h2-3,8,10,12,19H,4-7,9H2,1H3/t10-,12-/m0/s1. The van der Waals surface area contributed by atoms with Crippen molar-refractivity contribution >= 4 is 17.5 Å². The van der Waals surface area contributed by atoms with Crippen LogP contribution in [0.15, 0.2) is 18.2 Å². The number of carbonyl (C=O) groups excluding carboxylic acids is 2. The van der Waals surface area contributed by atoms with E-state index >= 15 is 0 Å². The molecule has 3 rings (SSSR count). The summed E-state index contributed by atoms with van der Waals surface area (Å²) in [6.45, 7) is 4.19. The Morgan fingerprint density at radius 1 is 1.26 bits per heavy atom. The lowest BCUT2D eigenvalue weighted by Crippen LogP contribution is -2.53. The SMILES string of the molecule is C[C@H]1CN(C(=O)[C@@H]2CCN(c3ccc(F)c(F)c3)C2=O)CCN1. The molecule has 2 saturated heterocycles. The zero-order valence-electron chi connectivity index (χ0n) is 12.9. The molecule has 1 N–H and O–H groups in total. The molecule has 0 unspecified atom stereocenters. The number of halogens is 2. The first-order valence-corrected chi connectivity index (χ1v) is 7.76. The van der Waals surface area contributed by atoms with Crippen molar-refractivity contribution in [3.8, 4) is 0 Å². The molecule has 2 amide bonds. The highest BCUT2D eigenvalue weighted by Gasteiger charge is 2.40. The Balaban J connectivity index is 1.73. The zero-order valence-corrected chi connectivity index (χ0v) is 12.9. The number of hydrogen-bond acceptors (Lipinski definition) is 3. The highest BCUT2D eigenvalue weighted by molar-refractivity contribution is 6.09. The van der Waals surface area contributed by atoms with Crippen molar-refractivity contribution in [2.45, 2.75) is 19.4 Å². The van der Waals surface area contributed by atoms with E-state index in [1.54, 1.807) is 4.90 Å². The fourth-order valence-corrected chi connectivity index (χ4v) is 3.17. The Kier molecular flexibility index (Phi) is 4.30. The van der Waals surface area contributed by atoms with Crippen LogP contribution < -0.4 is 10.2 Å². The quantitative estimate of drug-likeness (QED) is 0.831. The van der Waals surface area contributed by atoms with Crippen LogP contribution in [0, 0.1) is 17.6 Å². The number of nitrogens with one attached hydrogen (secondary N) is 1. The lowest BCUT2D eigenvalue weighted by Gasteiger charge is -2.33. The van der Waals surface area contributed by atoms with Crippen LogP contribution in [0.1, 0.15) is 13.3 Å². The van der Waals surface area contributed by atoms with Crippen LogP contribution in [0.2, 0.25) is 0 Å². The van der Waals surface area contributed by atoms with Crippen LogP contribution >= 0.6 is 0 Å². The Hall–Kier alpha value is -2.02. The Morgan fingerprint density at radius 3 is 2.74 bits per heavy atom. The van der Waals surface area contributed by atoms with Crippen LogP contribution in [-0.4, -0.2) is 48.9 Å². The number of rotatable bonds is 2. The van der Waals surface area contributed by atoms with Gasteiger partial charge in [0.05, 0.1) is 0 Å². The highest BCUT2D eigenvalue weighted by Crippen LogP contribution is 2.28. The van der Waals surface area contributed by atoms with Crippen molar-refractivity contribution in [1.29, 1.82) is 0 Å². The molecule has 0 bridgehead atoms. The molecule has 1 aromatic rings. The van der Waals surface area contributed by atoms with Crippen molar-refractivity contribution in [2.75, 3.05) is 31.1 Å². The number of nitrogens with zero attached hydrogens (tertiary/aromatic N) is 2. The maximum Gasteiger partial charge on any atom is 0.239 e. The summed E-state index contributed by atoms with van der Waals surface area (Å²) in [7, 11) is 0. The summed E-state index contributed by atoms with van der Waals surface area (Å²) in [5, 5.41) is 3.25. The maximum atomic E-state index is 13.4. The first-order chi connectivity index (χ1) is 11.0. The molecule has 0 aromatic heterocycles. The fourth-order valence-electron chi connectivity index (χ4n) is 3.17. The van der Waals surface area contributed by atoms with E-state index in [1.807, 2.05) is 6.92 Å². The predicted molar refractivity (Wildman–Crippen MR) is 80.9 cm³/mol. The minimum absolute atomic E-state index is 0.173. The molecule has 2 aliphatic rings. The van der Waals surface area contributed by atoms with Crippen LogP contribution in [0.5, 0.6) is 0 Å². The molecule has 124 valence electrons. The third-order valence-electron chi connectivity index (χ3n) is 4.40. The van der Waals surface area contributed by atoms with Gasteiger partial charge in [-0.15, -0.1) is 0 Å². The van der Waals surface area contributed by atoms with Gasteiger partial charge in [-0.1, -0.05) is 0 Å². The van der Waals surface area contributed by atoms with E-state index in [0.717, 1.165) is 12.1 Å². The average Bonchev–Trinajstić information content (AvgIpc) is 2.91. The van der Waals surface area contributed by atoms with Gasteiger partial charge in [0.1, 0.15) is 5.92 Å². The minimum Gasteiger partial charge on any atom is -0.339 e. The number of piperazine rings is 1. The third-order valence-corrected chi connectivity index (χ3v) is 4.40. The van der Waals surface area contributed by atoms with Gasteiger partial charge in [-0.25, -0.2) is 8.78 Å². The van der Waals surface area contributed by atoms with Gasteiger partial charge in [0.2, 0.25) is 11.8 Å². The molecule has 23 heavy (non-hydrogen) atoms. The summed E-state index contributed by atoms with van der Waals surface area (Å²) in [6.07, 6.45) is 0.398. The Bertz CT molecular complexity index is 638. The molecule has 0 saturated carbocycles. The molecule has 0 spiro atoms. The van der Waals surface area contributed by atoms with Crippen molar-refractivity contribution in [1.82, 2.24) is 10.2 Å². The zero-order chi connectivity index (χ0) is 16.6. The predicted octanol–water partition coefficient (Wildman–Crippen LogP) is 1.14. The van der Waals surface area contributed by atoms with E-state index in [2.05, 4.69) is 5.32 Å². The summed E-state index contributed by atoms with van der Waals surface area (Å²) >= 11 is 0. The summed E-state index contributed by atoms with van der Waals surface area (Å²) in [5.41, 5.74) is 0.290. The number of carbonyl (C=O) groups is 2. The largest absolute Gasteiger partial charge is 0.339 e. The Labute approximate surface area is 133 Å². The molecule has 7 heteroatoms. The highest BCUT2D eigenvalue weighted by atomic mass is 19.2. The van der Waals surface area contributed by atoms with E-state index in [1.165, 1.54) is 11.0 Å².